The van der Waals surface area contributed by atoms with Crippen molar-refractivity contribution in [2.75, 3.05) is 13.7 Å². The number of benzene rings is 1. The van der Waals surface area contributed by atoms with Gasteiger partial charge >= 0.3 is 11.9 Å². The fourth-order valence-electron chi connectivity index (χ4n) is 2.03. The predicted molar refractivity (Wildman–Crippen MR) is 79.2 cm³/mol. The van der Waals surface area contributed by atoms with Crippen molar-refractivity contribution in [3.63, 3.8) is 0 Å². The van der Waals surface area contributed by atoms with Gasteiger partial charge < -0.3 is 14.8 Å². The van der Waals surface area contributed by atoms with Crippen LogP contribution >= 0.6 is 0 Å². The minimum absolute atomic E-state index is 0.0375. The molecule has 1 rings (SSSR count). The maximum Gasteiger partial charge on any atom is 0.365 e. The average Bonchev–Trinajstić information content (AvgIpc) is 2.54. The van der Waals surface area contributed by atoms with Crippen molar-refractivity contribution in [2.45, 2.75) is 32.4 Å². The van der Waals surface area contributed by atoms with Crippen LogP contribution in [0.1, 0.15) is 30.6 Å². The van der Waals surface area contributed by atoms with E-state index in [-0.39, 0.29) is 18.8 Å². The van der Waals surface area contributed by atoms with Crippen molar-refractivity contribution < 1.29 is 29.2 Å². The third kappa shape index (κ3) is 5.29. The first-order chi connectivity index (χ1) is 10.5. The molecule has 2 atom stereocenters. The monoisotopic (exact) mass is 308 g/mol. The number of hydrogen-bond donors (Lipinski definition) is 1. The van der Waals surface area contributed by atoms with Crippen molar-refractivity contribution in [3.05, 3.63) is 35.9 Å². The zero-order valence-electron chi connectivity index (χ0n) is 13.1. The highest BCUT2D eigenvalue weighted by atomic mass is 16.5. The Labute approximate surface area is 129 Å². The third-order valence-electron chi connectivity index (χ3n) is 3.18. The minimum atomic E-state index is -0.776. The molecule has 22 heavy (non-hydrogen) atoms. The number of rotatable bonds is 8. The molecule has 0 saturated heterocycles. The van der Waals surface area contributed by atoms with Crippen molar-refractivity contribution in [1.82, 2.24) is 0 Å². The number of Topliss-reactive ketones (excluding diaryl/α,β-unsaturated/α-hetero) is 1. The van der Waals surface area contributed by atoms with Crippen LogP contribution in [0.15, 0.2) is 30.3 Å². The van der Waals surface area contributed by atoms with E-state index in [1.807, 2.05) is 6.07 Å². The van der Waals surface area contributed by atoms with E-state index in [0.29, 0.717) is 5.56 Å². The molecule has 0 aliphatic carbocycles. The maximum atomic E-state index is 12.2. The van der Waals surface area contributed by atoms with Gasteiger partial charge in [-0.15, -0.1) is 0 Å². The first-order valence-electron chi connectivity index (χ1n) is 7.17. The number of esters is 2. The highest BCUT2D eigenvalue weighted by molar-refractivity contribution is 5.98. The molecule has 1 aromatic carbocycles. The van der Waals surface area contributed by atoms with E-state index in [1.165, 1.54) is 12.4 Å². The number of carbonyl (C=O) groups excluding carboxylic acids is 3. The summed E-state index contributed by atoms with van der Waals surface area (Å²) < 4.78 is 9.62. The highest BCUT2D eigenvalue weighted by Gasteiger charge is 2.31. The predicted octanol–water partition coefficient (Wildman–Crippen LogP) is 0.316. The van der Waals surface area contributed by atoms with E-state index in [1.54, 1.807) is 38.1 Å². The first kappa shape index (κ1) is 17.8. The van der Waals surface area contributed by atoms with Gasteiger partial charge in [-0.2, -0.15) is 0 Å². The summed E-state index contributed by atoms with van der Waals surface area (Å²) in [6.07, 6.45) is -0.0375. The largest absolute Gasteiger partial charge is 0.465 e. The Balaban J connectivity index is 2.80. The number of quaternary nitrogens is 1. The second-order valence-corrected chi connectivity index (χ2v) is 4.86. The fraction of sp³-hybridized carbons (Fsp3) is 0.438. The summed E-state index contributed by atoms with van der Waals surface area (Å²) >= 11 is 0. The lowest BCUT2D eigenvalue weighted by Crippen LogP contribution is -2.97. The van der Waals surface area contributed by atoms with Crippen LogP contribution in [0.2, 0.25) is 0 Å². The van der Waals surface area contributed by atoms with Gasteiger partial charge in [-0.1, -0.05) is 30.3 Å². The molecule has 0 amide bonds. The molecule has 0 fully saturated rings. The Bertz CT molecular complexity index is 515. The summed E-state index contributed by atoms with van der Waals surface area (Å²) in [6.45, 7) is 3.53. The smallest absolute Gasteiger partial charge is 0.365 e. The number of carbonyl (C=O) groups is 3. The normalized spacial score (nSPS) is 13.0. The van der Waals surface area contributed by atoms with E-state index in [2.05, 4.69) is 4.74 Å². The van der Waals surface area contributed by atoms with Crippen molar-refractivity contribution in [3.8, 4) is 0 Å². The maximum absolute atomic E-state index is 12.2. The number of nitrogens with two attached hydrogens (primary N) is 1. The van der Waals surface area contributed by atoms with Gasteiger partial charge in [-0.05, 0) is 13.8 Å². The molecule has 0 aromatic heterocycles. The molecule has 0 aliphatic heterocycles. The van der Waals surface area contributed by atoms with Crippen LogP contribution in [-0.4, -0.2) is 43.5 Å². The SMILES string of the molecule is CCOC(=O)[C@H](CC(=O)c1ccccc1)[NH2+][C@@H](C)C(=O)OC. The molecule has 120 valence electrons. The number of hydrogen-bond acceptors (Lipinski definition) is 5. The second kappa shape index (κ2) is 8.94. The van der Waals surface area contributed by atoms with Gasteiger partial charge in [0.25, 0.3) is 0 Å². The van der Waals surface area contributed by atoms with Crippen LogP contribution in [0.5, 0.6) is 0 Å². The molecular weight excluding hydrogens is 286 g/mol. The van der Waals surface area contributed by atoms with Gasteiger partial charge in [-0.3, -0.25) is 4.79 Å². The molecule has 1 aromatic rings. The zero-order chi connectivity index (χ0) is 16.5. The molecule has 0 unspecified atom stereocenters. The molecular formula is C16H22NO5+. The summed E-state index contributed by atoms with van der Waals surface area (Å²) in [5, 5.41) is 1.50. The van der Waals surface area contributed by atoms with Gasteiger partial charge in [0.15, 0.2) is 17.9 Å². The summed E-state index contributed by atoms with van der Waals surface area (Å²) in [5.41, 5.74) is 0.524. The Hall–Kier alpha value is -2.21. The molecule has 6 nitrogen and oxygen atoms in total. The van der Waals surface area contributed by atoms with Crippen LogP contribution in [0.25, 0.3) is 0 Å². The van der Waals surface area contributed by atoms with Crippen LogP contribution in [0.3, 0.4) is 0 Å². The van der Waals surface area contributed by atoms with Crippen LogP contribution in [0, 0.1) is 0 Å². The topological polar surface area (TPSA) is 86.3 Å². The summed E-state index contributed by atoms with van der Waals surface area (Å²) in [5.74, 6) is -1.14. The molecule has 0 spiro atoms. The van der Waals surface area contributed by atoms with E-state index in [4.69, 9.17) is 4.74 Å². The molecule has 0 radical (unpaired) electrons. The van der Waals surface area contributed by atoms with Gasteiger partial charge in [-0.25, -0.2) is 9.59 Å². The zero-order valence-corrected chi connectivity index (χ0v) is 13.1. The van der Waals surface area contributed by atoms with Gasteiger partial charge in [0.05, 0.1) is 20.1 Å². The van der Waals surface area contributed by atoms with Crippen LogP contribution in [-0.2, 0) is 19.1 Å². The lowest BCUT2D eigenvalue weighted by molar-refractivity contribution is -0.696. The molecule has 6 heteroatoms. The molecule has 2 N–H and O–H groups in total. The molecule has 0 saturated carbocycles. The van der Waals surface area contributed by atoms with E-state index in [0.717, 1.165) is 0 Å². The Morgan fingerprint density at radius 2 is 1.77 bits per heavy atom. The van der Waals surface area contributed by atoms with Crippen LogP contribution in [0.4, 0.5) is 0 Å². The lowest BCUT2D eigenvalue weighted by Gasteiger charge is -2.17. The lowest BCUT2D eigenvalue weighted by atomic mass is 10.0. The van der Waals surface area contributed by atoms with E-state index >= 15 is 0 Å². The van der Waals surface area contributed by atoms with Crippen molar-refractivity contribution in [1.29, 1.82) is 0 Å². The summed E-state index contributed by atoms with van der Waals surface area (Å²) in [6, 6.07) is 7.33. The first-order valence-corrected chi connectivity index (χ1v) is 7.17. The standard InChI is InChI=1S/C16H21NO5/c1-4-22-16(20)13(17-11(2)15(19)21-3)10-14(18)12-8-6-5-7-9-12/h5-9,11,13,17H,4,10H2,1-3H3/p+1/t11-,13-/m0/s1. The van der Waals surface area contributed by atoms with Gasteiger partial charge in [0, 0.05) is 5.56 Å². The Kier molecular flexibility index (Phi) is 7.25. The fourth-order valence-corrected chi connectivity index (χ4v) is 2.03. The average molecular weight is 308 g/mol. The van der Waals surface area contributed by atoms with Crippen molar-refractivity contribution in [2.24, 2.45) is 0 Å². The number of ketones is 1. The Morgan fingerprint density at radius 3 is 2.32 bits per heavy atom. The van der Waals surface area contributed by atoms with E-state index < -0.39 is 24.0 Å². The van der Waals surface area contributed by atoms with Crippen LogP contribution < -0.4 is 5.32 Å². The number of methoxy groups -OCH3 is 1. The minimum Gasteiger partial charge on any atom is -0.465 e. The second-order valence-electron chi connectivity index (χ2n) is 4.86. The molecule has 0 aliphatic rings. The highest BCUT2D eigenvalue weighted by Crippen LogP contribution is 2.05. The molecule has 0 bridgehead atoms. The van der Waals surface area contributed by atoms with E-state index in [9.17, 15) is 14.4 Å². The third-order valence-corrected chi connectivity index (χ3v) is 3.18. The van der Waals surface area contributed by atoms with Gasteiger partial charge in [0.2, 0.25) is 0 Å². The van der Waals surface area contributed by atoms with Gasteiger partial charge in [0.1, 0.15) is 0 Å². The summed E-state index contributed by atoms with van der Waals surface area (Å²) in [4.78, 5) is 35.7. The van der Waals surface area contributed by atoms with Crippen molar-refractivity contribution >= 4 is 17.7 Å². The Morgan fingerprint density at radius 1 is 1.14 bits per heavy atom. The molecule has 0 heterocycles. The quantitative estimate of drug-likeness (QED) is 0.552. The summed E-state index contributed by atoms with van der Waals surface area (Å²) in [7, 11) is 1.28. The number of ether oxygens (including phenoxy) is 2.